The Labute approximate surface area is 139 Å². The van der Waals surface area contributed by atoms with Crippen molar-refractivity contribution in [1.29, 1.82) is 0 Å². The number of carbonyl (C=O) groups is 1. The normalized spacial score (nSPS) is 12.8. The molecule has 0 aliphatic heterocycles. The molecule has 0 aliphatic rings. The minimum Gasteiger partial charge on any atom is -0.444 e. The Bertz CT molecular complexity index is 748. The van der Waals surface area contributed by atoms with Gasteiger partial charge in [0, 0.05) is 29.2 Å². The fraction of sp³-hybridized carbons (Fsp3) is 0.438. The van der Waals surface area contributed by atoms with Crippen LogP contribution in [0.4, 0.5) is 10.5 Å². The van der Waals surface area contributed by atoms with Crippen LogP contribution < -0.4 is 5.32 Å². The zero-order valence-corrected chi connectivity index (χ0v) is 13.8. The molecular weight excluding hydrogens is 314 g/mol. The largest absolute Gasteiger partial charge is 0.444 e. The highest BCUT2D eigenvalue weighted by molar-refractivity contribution is 5.85. The number of carbonyl (C=O) groups excluding carboxylic acids is 1. The second-order valence-corrected chi connectivity index (χ2v) is 6.53. The van der Waals surface area contributed by atoms with Gasteiger partial charge in [-0.05, 0) is 38.8 Å². The van der Waals surface area contributed by atoms with Crippen LogP contribution in [0.2, 0.25) is 0 Å². The Balaban J connectivity index is 2.16. The lowest BCUT2D eigenvalue weighted by atomic mass is 10.1. The first kappa shape index (κ1) is 17.7. The maximum absolute atomic E-state index is 11.8. The molecule has 1 heterocycles. The third-order valence-electron chi connectivity index (χ3n) is 3.37. The molecule has 1 atom stereocenters. The van der Waals surface area contributed by atoms with Crippen molar-refractivity contribution in [2.24, 2.45) is 0 Å². The highest BCUT2D eigenvalue weighted by Crippen LogP contribution is 2.24. The Hall–Kier alpha value is -2.61. The number of aliphatic hydroxyl groups is 1. The van der Waals surface area contributed by atoms with Gasteiger partial charge in [-0.3, -0.25) is 10.1 Å². The number of H-pyrrole nitrogens is 1. The summed E-state index contributed by atoms with van der Waals surface area (Å²) in [6.07, 6.45) is 1.41. The van der Waals surface area contributed by atoms with Gasteiger partial charge >= 0.3 is 6.09 Å². The van der Waals surface area contributed by atoms with Crippen molar-refractivity contribution < 1.29 is 19.6 Å². The zero-order chi connectivity index (χ0) is 17.9. The van der Waals surface area contributed by atoms with Crippen molar-refractivity contribution in [3.63, 3.8) is 0 Å². The summed E-state index contributed by atoms with van der Waals surface area (Å²) in [5.41, 5.74) is 0.878. The minimum atomic E-state index is -0.633. The zero-order valence-electron chi connectivity index (χ0n) is 13.8. The number of aliphatic hydroxyl groups excluding tert-OH is 1. The molecule has 0 aliphatic carbocycles. The first-order chi connectivity index (χ1) is 11.2. The number of nitrogens with one attached hydrogen (secondary N) is 2. The van der Waals surface area contributed by atoms with Gasteiger partial charge in [0.15, 0.2) is 0 Å². The molecule has 24 heavy (non-hydrogen) atoms. The number of hydrogen-bond donors (Lipinski definition) is 3. The average Bonchev–Trinajstić information content (AvgIpc) is 2.86. The smallest absolute Gasteiger partial charge is 0.407 e. The second kappa shape index (κ2) is 6.88. The van der Waals surface area contributed by atoms with E-state index in [1.165, 1.54) is 12.1 Å². The molecule has 1 amide bonds. The molecule has 2 rings (SSSR count). The summed E-state index contributed by atoms with van der Waals surface area (Å²) in [4.78, 5) is 25.3. The van der Waals surface area contributed by atoms with Gasteiger partial charge < -0.3 is 20.1 Å². The third kappa shape index (κ3) is 4.45. The molecule has 1 aromatic carbocycles. The molecule has 8 heteroatoms. The van der Waals surface area contributed by atoms with Crippen molar-refractivity contribution >= 4 is 22.7 Å². The molecule has 0 fully saturated rings. The molecule has 8 nitrogen and oxygen atoms in total. The van der Waals surface area contributed by atoms with E-state index in [1.807, 2.05) is 0 Å². The van der Waals surface area contributed by atoms with Crippen LogP contribution in [0.1, 0.15) is 26.3 Å². The Kier molecular flexibility index (Phi) is 5.08. The quantitative estimate of drug-likeness (QED) is 0.573. The summed E-state index contributed by atoms with van der Waals surface area (Å²) in [5.74, 6) is 0. The number of benzene rings is 1. The van der Waals surface area contributed by atoms with Gasteiger partial charge in [0.05, 0.1) is 17.6 Å². The summed E-state index contributed by atoms with van der Waals surface area (Å²) in [5, 5.41) is 23.7. The predicted octanol–water partition coefficient (Wildman–Crippen LogP) is 2.50. The number of nitrogens with zero attached hydrogens (tertiary/aromatic N) is 1. The van der Waals surface area contributed by atoms with Gasteiger partial charge in [0.1, 0.15) is 5.60 Å². The third-order valence-corrected chi connectivity index (χ3v) is 3.37. The average molecular weight is 335 g/mol. The number of rotatable bonds is 5. The highest BCUT2D eigenvalue weighted by Gasteiger charge is 2.20. The molecule has 0 bridgehead atoms. The van der Waals surface area contributed by atoms with Crippen LogP contribution in [0.15, 0.2) is 24.4 Å². The monoisotopic (exact) mass is 335 g/mol. The van der Waals surface area contributed by atoms with Gasteiger partial charge in [-0.1, -0.05) is 0 Å². The van der Waals surface area contributed by atoms with Crippen LogP contribution in [0, 0.1) is 10.1 Å². The van der Waals surface area contributed by atoms with E-state index in [-0.39, 0.29) is 12.3 Å². The molecule has 1 aromatic heterocycles. The lowest BCUT2D eigenvalue weighted by molar-refractivity contribution is -0.384. The molecular formula is C16H21N3O5. The van der Waals surface area contributed by atoms with Crippen molar-refractivity contribution in [3.8, 4) is 0 Å². The number of nitro groups is 1. The van der Waals surface area contributed by atoms with Crippen LogP contribution in [-0.4, -0.2) is 39.4 Å². The molecule has 0 saturated carbocycles. The maximum atomic E-state index is 11.8. The number of amides is 1. The minimum absolute atomic E-state index is 0.0102. The van der Waals surface area contributed by atoms with Crippen LogP contribution in [0.5, 0.6) is 0 Å². The molecule has 0 unspecified atom stereocenters. The second-order valence-electron chi connectivity index (χ2n) is 6.53. The first-order valence-electron chi connectivity index (χ1n) is 7.54. The number of hydrogen-bond acceptors (Lipinski definition) is 5. The van der Waals surface area contributed by atoms with Crippen LogP contribution in [0.25, 0.3) is 10.9 Å². The lowest BCUT2D eigenvalue weighted by Crippen LogP contribution is -2.42. The summed E-state index contributed by atoms with van der Waals surface area (Å²) in [6, 6.07) is 3.97. The fourth-order valence-corrected chi connectivity index (χ4v) is 2.35. The Morgan fingerprint density at radius 2 is 2.17 bits per heavy atom. The first-order valence-corrected chi connectivity index (χ1v) is 7.54. The van der Waals surface area contributed by atoms with Crippen molar-refractivity contribution in [2.75, 3.05) is 6.61 Å². The topological polar surface area (TPSA) is 117 Å². The number of non-ortho nitro benzene ring substituents is 1. The van der Waals surface area contributed by atoms with E-state index in [0.717, 1.165) is 11.1 Å². The van der Waals surface area contributed by atoms with Gasteiger partial charge in [0.2, 0.25) is 0 Å². The number of nitro benzene ring substituents is 1. The van der Waals surface area contributed by atoms with Crippen LogP contribution in [0.3, 0.4) is 0 Å². The van der Waals surface area contributed by atoms with E-state index in [1.54, 1.807) is 33.0 Å². The SMILES string of the molecule is CC(C)(C)OC(=O)N[C@H](CO)Cc1c[nH]c2ccc([N+](=O)[O-])cc12. The van der Waals surface area contributed by atoms with Crippen LogP contribution >= 0.6 is 0 Å². The van der Waals surface area contributed by atoms with Gasteiger partial charge in [-0.2, -0.15) is 0 Å². The molecule has 2 aromatic rings. The summed E-state index contributed by atoms with van der Waals surface area (Å²) < 4.78 is 5.17. The van der Waals surface area contributed by atoms with E-state index >= 15 is 0 Å². The van der Waals surface area contributed by atoms with E-state index in [0.29, 0.717) is 11.8 Å². The standard InChI is InChI=1S/C16H21N3O5/c1-16(2,3)24-15(21)18-11(9-20)6-10-8-17-14-5-4-12(19(22)23)7-13(10)14/h4-5,7-8,11,17,20H,6,9H2,1-3H3,(H,18,21)/t11-/m0/s1. The number of ether oxygens (including phenoxy) is 1. The van der Waals surface area contributed by atoms with Gasteiger partial charge in [-0.15, -0.1) is 0 Å². The van der Waals surface area contributed by atoms with Crippen LogP contribution in [-0.2, 0) is 11.2 Å². The summed E-state index contributed by atoms with van der Waals surface area (Å²) in [7, 11) is 0. The van der Waals surface area contributed by atoms with E-state index in [2.05, 4.69) is 10.3 Å². The predicted molar refractivity (Wildman–Crippen MR) is 88.9 cm³/mol. The van der Waals surface area contributed by atoms with E-state index in [9.17, 15) is 20.0 Å². The number of alkyl carbamates (subject to hydrolysis) is 1. The van der Waals surface area contributed by atoms with Gasteiger partial charge in [-0.25, -0.2) is 4.79 Å². The number of fused-ring (bicyclic) bond motifs is 1. The highest BCUT2D eigenvalue weighted by atomic mass is 16.6. The van der Waals surface area contributed by atoms with Crippen molar-refractivity contribution in [3.05, 3.63) is 40.1 Å². The maximum Gasteiger partial charge on any atom is 0.407 e. The van der Waals surface area contributed by atoms with Crippen molar-refractivity contribution in [1.82, 2.24) is 10.3 Å². The summed E-state index contributed by atoms with van der Waals surface area (Å²) in [6.45, 7) is 4.97. The Morgan fingerprint density at radius 3 is 2.75 bits per heavy atom. The summed E-state index contributed by atoms with van der Waals surface area (Å²) >= 11 is 0. The van der Waals surface area contributed by atoms with E-state index in [4.69, 9.17) is 4.74 Å². The lowest BCUT2D eigenvalue weighted by Gasteiger charge is -2.22. The molecule has 0 saturated heterocycles. The van der Waals surface area contributed by atoms with Crippen molar-refractivity contribution in [2.45, 2.75) is 38.8 Å². The van der Waals surface area contributed by atoms with E-state index < -0.39 is 22.7 Å². The fourth-order valence-electron chi connectivity index (χ4n) is 2.35. The molecule has 3 N–H and O–H groups in total. The number of aromatic amines is 1. The Morgan fingerprint density at radius 1 is 1.46 bits per heavy atom. The van der Waals surface area contributed by atoms with Gasteiger partial charge in [0.25, 0.3) is 5.69 Å². The number of aromatic nitrogens is 1. The molecule has 0 radical (unpaired) electrons. The molecule has 130 valence electrons. The molecule has 0 spiro atoms.